The highest BCUT2D eigenvalue weighted by atomic mass is 19.1. The Morgan fingerprint density at radius 1 is 1.36 bits per heavy atom. The van der Waals surface area contributed by atoms with Crippen LogP contribution in [0.4, 0.5) is 8.78 Å². The van der Waals surface area contributed by atoms with E-state index in [2.05, 4.69) is 5.32 Å². The second kappa shape index (κ2) is 7.15. The van der Waals surface area contributed by atoms with Crippen molar-refractivity contribution in [1.29, 1.82) is 0 Å². The van der Waals surface area contributed by atoms with E-state index in [9.17, 15) is 18.7 Å². The van der Waals surface area contributed by atoms with Gasteiger partial charge in [-0.25, -0.2) is 8.78 Å². The van der Waals surface area contributed by atoms with E-state index in [0.29, 0.717) is 6.07 Å². The minimum atomic E-state index is -1.62. The van der Waals surface area contributed by atoms with Gasteiger partial charge in [-0.3, -0.25) is 9.69 Å². The van der Waals surface area contributed by atoms with Crippen molar-refractivity contribution >= 4 is 5.91 Å². The van der Waals surface area contributed by atoms with Crippen molar-refractivity contribution in [3.63, 3.8) is 0 Å². The molecule has 1 rings (SSSR count). The van der Waals surface area contributed by atoms with Gasteiger partial charge in [0.25, 0.3) is 0 Å². The molecule has 22 heavy (non-hydrogen) atoms. The van der Waals surface area contributed by atoms with E-state index >= 15 is 0 Å². The highest BCUT2D eigenvalue weighted by Gasteiger charge is 2.30. The Morgan fingerprint density at radius 2 is 1.95 bits per heavy atom. The molecule has 0 saturated carbocycles. The summed E-state index contributed by atoms with van der Waals surface area (Å²) in [6.07, 6.45) is 0. The number of halogens is 2. The molecule has 0 spiro atoms. The Bertz CT molecular complexity index is 523. The molecule has 1 aromatic carbocycles. The predicted octanol–water partition coefficient (Wildman–Crippen LogP) is 1.87. The first-order chi connectivity index (χ1) is 10.1. The first-order valence-electron chi connectivity index (χ1n) is 7.18. The highest BCUT2D eigenvalue weighted by Crippen LogP contribution is 2.23. The van der Waals surface area contributed by atoms with Gasteiger partial charge in [-0.2, -0.15) is 0 Å². The van der Waals surface area contributed by atoms with Crippen LogP contribution in [0.15, 0.2) is 18.2 Å². The average Bonchev–Trinajstić information content (AvgIpc) is 2.35. The van der Waals surface area contributed by atoms with Gasteiger partial charge in [-0.05, 0) is 33.0 Å². The molecule has 1 aromatic rings. The van der Waals surface area contributed by atoms with E-state index in [4.69, 9.17) is 0 Å². The number of rotatable bonds is 6. The van der Waals surface area contributed by atoms with Gasteiger partial charge in [0.1, 0.15) is 17.2 Å². The lowest BCUT2D eigenvalue weighted by Gasteiger charge is -2.30. The van der Waals surface area contributed by atoms with E-state index in [-0.39, 0.29) is 30.0 Å². The van der Waals surface area contributed by atoms with Crippen molar-refractivity contribution in [3.05, 3.63) is 35.4 Å². The number of hydrogen-bond acceptors (Lipinski definition) is 3. The predicted molar refractivity (Wildman–Crippen MR) is 81.3 cm³/mol. The number of benzene rings is 1. The van der Waals surface area contributed by atoms with Crippen molar-refractivity contribution in [2.24, 2.45) is 5.92 Å². The van der Waals surface area contributed by atoms with Crippen LogP contribution in [0.1, 0.15) is 26.3 Å². The number of carbonyl (C=O) groups is 1. The van der Waals surface area contributed by atoms with Crippen LogP contribution in [-0.2, 0) is 10.4 Å². The molecule has 0 aliphatic heterocycles. The molecule has 0 radical (unpaired) electrons. The zero-order valence-electron chi connectivity index (χ0n) is 13.7. The zero-order chi connectivity index (χ0) is 17.1. The molecule has 0 fully saturated rings. The van der Waals surface area contributed by atoms with Gasteiger partial charge < -0.3 is 10.4 Å². The van der Waals surface area contributed by atoms with Crippen molar-refractivity contribution in [3.8, 4) is 0 Å². The van der Waals surface area contributed by atoms with Crippen molar-refractivity contribution < 1.29 is 18.7 Å². The molecule has 0 heterocycles. The Balaban J connectivity index is 2.83. The lowest BCUT2D eigenvalue weighted by molar-refractivity contribution is -0.128. The zero-order valence-corrected chi connectivity index (χ0v) is 13.7. The van der Waals surface area contributed by atoms with Crippen LogP contribution in [0, 0.1) is 17.6 Å². The van der Waals surface area contributed by atoms with Crippen LogP contribution in [0.5, 0.6) is 0 Å². The summed E-state index contributed by atoms with van der Waals surface area (Å²) >= 11 is 0. The maximum Gasteiger partial charge on any atom is 0.237 e. The smallest absolute Gasteiger partial charge is 0.237 e. The molecule has 0 saturated heterocycles. The van der Waals surface area contributed by atoms with Crippen molar-refractivity contribution in [2.45, 2.75) is 32.4 Å². The van der Waals surface area contributed by atoms with Gasteiger partial charge in [0.05, 0.1) is 12.6 Å². The van der Waals surface area contributed by atoms with Crippen LogP contribution in [-0.4, -0.2) is 42.6 Å². The van der Waals surface area contributed by atoms with Gasteiger partial charge in [-0.15, -0.1) is 0 Å². The first-order valence-corrected chi connectivity index (χ1v) is 7.18. The van der Waals surface area contributed by atoms with Crippen LogP contribution < -0.4 is 5.32 Å². The number of carbonyl (C=O) groups excluding carboxylic acids is 1. The lowest BCUT2D eigenvalue weighted by atomic mass is 9.94. The van der Waals surface area contributed by atoms with Crippen LogP contribution in [0.3, 0.4) is 0 Å². The molecule has 0 aliphatic rings. The number of likely N-dealkylation sites (N-methyl/N-ethyl adjacent to an activating group) is 1. The molecule has 2 atom stereocenters. The summed E-state index contributed by atoms with van der Waals surface area (Å²) in [6, 6.07) is 2.62. The van der Waals surface area contributed by atoms with E-state index in [1.807, 2.05) is 13.8 Å². The second-order valence-corrected chi connectivity index (χ2v) is 6.27. The lowest BCUT2D eigenvalue weighted by Crippen LogP contribution is -2.50. The van der Waals surface area contributed by atoms with E-state index < -0.39 is 17.2 Å². The first kappa shape index (κ1) is 18.5. The molecule has 0 aromatic heterocycles. The van der Waals surface area contributed by atoms with Crippen LogP contribution >= 0.6 is 0 Å². The van der Waals surface area contributed by atoms with Gasteiger partial charge in [0, 0.05) is 11.6 Å². The third kappa shape index (κ3) is 4.48. The summed E-state index contributed by atoms with van der Waals surface area (Å²) < 4.78 is 26.7. The SMILES string of the molecule is CC(C)C(C(=O)NCC(C)(O)c1ccc(F)cc1F)N(C)C. The summed E-state index contributed by atoms with van der Waals surface area (Å²) in [4.78, 5) is 14.0. The van der Waals surface area contributed by atoms with E-state index in [0.717, 1.165) is 6.07 Å². The molecule has 1 amide bonds. The van der Waals surface area contributed by atoms with E-state index in [1.165, 1.54) is 13.0 Å². The molecular weight excluding hydrogens is 290 g/mol. The number of nitrogens with one attached hydrogen (secondary N) is 1. The maximum atomic E-state index is 13.8. The fourth-order valence-corrected chi connectivity index (χ4v) is 2.52. The van der Waals surface area contributed by atoms with Crippen molar-refractivity contribution in [1.82, 2.24) is 10.2 Å². The summed E-state index contributed by atoms with van der Waals surface area (Å²) in [5, 5.41) is 13.0. The Hall–Kier alpha value is -1.53. The topological polar surface area (TPSA) is 52.6 Å². The minimum absolute atomic E-state index is 0.0554. The monoisotopic (exact) mass is 314 g/mol. The number of aliphatic hydroxyl groups is 1. The second-order valence-electron chi connectivity index (χ2n) is 6.27. The number of nitrogens with zero attached hydrogens (tertiary/aromatic N) is 1. The fraction of sp³-hybridized carbons (Fsp3) is 0.562. The highest BCUT2D eigenvalue weighted by molar-refractivity contribution is 5.82. The molecule has 2 unspecified atom stereocenters. The average molecular weight is 314 g/mol. The molecule has 4 nitrogen and oxygen atoms in total. The number of amides is 1. The standard InChI is InChI=1S/C16H24F2N2O2/c1-10(2)14(20(4)5)15(21)19-9-16(3,22)12-7-6-11(17)8-13(12)18/h6-8,10,14,22H,9H2,1-5H3,(H,19,21). The third-order valence-corrected chi connectivity index (χ3v) is 3.57. The maximum absolute atomic E-state index is 13.8. The molecule has 0 bridgehead atoms. The van der Waals surface area contributed by atoms with Crippen molar-refractivity contribution in [2.75, 3.05) is 20.6 Å². The van der Waals surface area contributed by atoms with Gasteiger partial charge in [0.2, 0.25) is 5.91 Å². The van der Waals surface area contributed by atoms with Crippen LogP contribution in [0.25, 0.3) is 0 Å². The Kier molecular flexibility index (Phi) is 6.02. The summed E-state index contributed by atoms with van der Waals surface area (Å²) in [6.45, 7) is 5.05. The summed E-state index contributed by atoms with van der Waals surface area (Å²) in [5.74, 6) is -1.72. The third-order valence-electron chi connectivity index (χ3n) is 3.57. The normalized spacial score (nSPS) is 15.7. The van der Waals surface area contributed by atoms with Gasteiger partial charge >= 0.3 is 0 Å². The Labute approximate surface area is 130 Å². The molecule has 0 aliphatic carbocycles. The summed E-state index contributed by atoms with van der Waals surface area (Å²) in [5.41, 5.74) is -1.68. The quantitative estimate of drug-likeness (QED) is 0.843. The van der Waals surface area contributed by atoms with Gasteiger partial charge in [-0.1, -0.05) is 19.9 Å². The molecule has 124 valence electrons. The van der Waals surface area contributed by atoms with E-state index in [1.54, 1.807) is 19.0 Å². The number of hydrogen-bond donors (Lipinski definition) is 2. The van der Waals surface area contributed by atoms with Crippen LogP contribution in [0.2, 0.25) is 0 Å². The molecule has 2 N–H and O–H groups in total. The Morgan fingerprint density at radius 3 is 2.41 bits per heavy atom. The molecule has 6 heteroatoms. The molecular formula is C16H24F2N2O2. The van der Waals surface area contributed by atoms with Gasteiger partial charge in [0.15, 0.2) is 0 Å². The fourth-order valence-electron chi connectivity index (χ4n) is 2.52. The summed E-state index contributed by atoms with van der Waals surface area (Å²) in [7, 11) is 3.59. The largest absolute Gasteiger partial charge is 0.383 e. The minimum Gasteiger partial charge on any atom is -0.383 e.